The van der Waals surface area contributed by atoms with Gasteiger partial charge < -0.3 is 5.11 Å². The van der Waals surface area contributed by atoms with Crippen LogP contribution in [0.5, 0.6) is 5.75 Å². The van der Waals surface area contributed by atoms with Crippen LogP contribution in [0, 0.1) is 0 Å². The molecule has 29 heavy (non-hydrogen) atoms. The van der Waals surface area contributed by atoms with E-state index in [-0.39, 0.29) is 5.75 Å². The van der Waals surface area contributed by atoms with Crippen LogP contribution in [0.1, 0.15) is 5.69 Å². The van der Waals surface area contributed by atoms with E-state index in [1.54, 1.807) is 29.4 Å². The van der Waals surface area contributed by atoms with Crippen molar-refractivity contribution in [2.24, 2.45) is 5.10 Å². The molecule has 5 nitrogen and oxygen atoms in total. The number of hydrogen-bond donors (Lipinski definition) is 1. The van der Waals surface area contributed by atoms with E-state index < -0.39 is 0 Å². The molecule has 0 fully saturated rings. The van der Waals surface area contributed by atoms with Crippen LogP contribution in [0.4, 0.5) is 5.69 Å². The molecule has 4 aromatic rings. The summed E-state index contributed by atoms with van der Waals surface area (Å²) in [5.41, 5.74) is 4.12. The second kappa shape index (κ2) is 6.80. The van der Waals surface area contributed by atoms with Crippen molar-refractivity contribution in [2.75, 3.05) is 5.01 Å². The van der Waals surface area contributed by atoms with Crippen LogP contribution in [0.15, 0.2) is 109 Å². The summed E-state index contributed by atoms with van der Waals surface area (Å²) in [6.07, 6.45) is 5.51. The molecule has 0 radical (unpaired) electrons. The van der Waals surface area contributed by atoms with Gasteiger partial charge in [-0.25, -0.2) is 9.69 Å². The molecule has 0 atom stereocenters. The predicted octanol–water partition coefficient (Wildman–Crippen LogP) is 5.03. The van der Waals surface area contributed by atoms with Gasteiger partial charge in [0.25, 0.3) is 0 Å². The molecule has 2 heterocycles. The van der Waals surface area contributed by atoms with E-state index in [4.69, 9.17) is 5.10 Å². The number of phenolic OH excluding ortho intramolecular Hbond substituents is 1. The summed E-state index contributed by atoms with van der Waals surface area (Å²) >= 11 is 0. The molecular weight excluding hydrogens is 360 g/mol. The number of aromatic nitrogens is 2. The Kier molecular flexibility index (Phi) is 3.99. The van der Waals surface area contributed by atoms with Crippen molar-refractivity contribution in [3.63, 3.8) is 0 Å². The fraction of sp³-hybridized carbons (Fsp3) is 0. The fourth-order valence-corrected chi connectivity index (χ4v) is 3.51. The third kappa shape index (κ3) is 2.99. The van der Waals surface area contributed by atoms with Gasteiger partial charge in [-0.05, 0) is 41.3 Å². The number of allylic oxidation sites excluding steroid dienone is 2. The molecular formula is C24H18N4O. The lowest BCUT2D eigenvalue weighted by Gasteiger charge is -2.22. The van der Waals surface area contributed by atoms with Crippen LogP contribution in [0.3, 0.4) is 0 Å². The van der Waals surface area contributed by atoms with Crippen molar-refractivity contribution in [3.8, 4) is 11.4 Å². The minimum absolute atomic E-state index is 0.192. The minimum Gasteiger partial charge on any atom is -0.508 e. The van der Waals surface area contributed by atoms with Crippen LogP contribution in [0.2, 0.25) is 0 Å². The topological polar surface area (TPSA) is 53.6 Å². The summed E-state index contributed by atoms with van der Waals surface area (Å²) in [4.78, 5) is 0. The van der Waals surface area contributed by atoms with E-state index in [1.165, 1.54) is 0 Å². The van der Waals surface area contributed by atoms with Gasteiger partial charge in [-0.2, -0.15) is 10.2 Å². The molecule has 1 aromatic heterocycles. The number of nitrogens with zero attached hydrogens (tertiary/aromatic N) is 4. The van der Waals surface area contributed by atoms with E-state index in [2.05, 4.69) is 29.9 Å². The zero-order valence-electron chi connectivity index (χ0n) is 15.6. The second-order valence-electron chi connectivity index (χ2n) is 6.78. The van der Waals surface area contributed by atoms with Gasteiger partial charge in [0, 0.05) is 17.7 Å². The van der Waals surface area contributed by atoms with Gasteiger partial charge in [-0.15, -0.1) is 0 Å². The highest BCUT2D eigenvalue weighted by Crippen LogP contribution is 2.27. The highest BCUT2D eigenvalue weighted by atomic mass is 16.3. The Labute approximate surface area is 168 Å². The first-order valence-electron chi connectivity index (χ1n) is 9.27. The quantitative estimate of drug-likeness (QED) is 0.544. The molecule has 0 saturated carbocycles. The SMILES string of the molecule is C=C1C=CN(c2cccc(O)c2)N=C1c1ccnn1-c1cccc2ccccc12. The molecule has 3 aromatic carbocycles. The summed E-state index contributed by atoms with van der Waals surface area (Å²) in [6.45, 7) is 4.16. The Hall–Kier alpha value is -4.12. The number of benzene rings is 3. The molecule has 0 bridgehead atoms. The highest BCUT2D eigenvalue weighted by molar-refractivity contribution is 6.14. The number of fused-ring (bicyclic) bond motifs is 1. The summed E-state index contributed by atoms with van der Waals surface area (Å²) in [5, 5.41) is 23.1. The highest BCUT2D eigenvalue weighted by Gasteiger charge is 2.19. The number of anilines is 1. The van der Waals surface area contributed by atoms with Crippen LogP contribution >= 0.6 is 0 Å². The van der Waals surface area contributed by atoms with Gasteiger partial charge >= 0.3 is 0 Å². The van der Waals surface area contributed by atoms with E-state index >= 15 is 0 Å². The van der Waals surface area contributed by atoms with Crippen molar-refractivity contribution in [2.45, 2.75) is 0 Å². The third-order valence-corrected chi connectivity index (χ3v) is 4.90. The van der Waals surface area contributed by atoms with E-state index in [9.17, 15) is 5.11 Å². The molecule has 1 aliphatic heterocycles. The molecule has 5 heteroatoms. The molecule has 0 spiro atoms. The zero-order chi connectivity index (χ0) is 19.8. The van der Waals surface area contributed by atoms with Crippen molar-refractivity contribution in [1.82, 2.24) is 9.78 Å². The maximum atomic E-state index is 9.81. The summed E-state index contributed by atoms with van der Waals surface area (Å²) in [5.74, 6) is 0.192. The van der Waals surface area contributed by atoms with E-state index in [0.29, 0.717) is 0 Å². The Bertz CT molecular complexity index is 1290. The standard InChI is InChI=1S/C24H18N4O/c1-17-13-15-27(19-8-5-9-20(29)16-19)26-24(17)23-12-14-25-28(23)22-11-4-7-18-6-2-3-10-21(18)22/h2-16,29H,1H2. The summed E-state index contributed by atoms with van der Waals surface area (Å²) in [7, 11) is 0. The monoisotopic (exact) mass is 378 g/mol. The first-order valence-corrected chi connectivity index (χ1v) is 9.27. The first kappa shape index (κ1) is 17.0. The van der Waals surface area contributed by atoms with Gasteiger partial charge in [0.1, 0.15) is 11.5 Å². The molecule has 0 unspecified atom stereocenters. The van der Waals surface area contributed by atoms with Gasteiger partial charge in [0.15, 0.2) is 0 Å². The van der Waals surface area contributed by atoms with Crippen molar-refractivity contribution >= 4 is 22.2 Å². The third-order valence-electron chi connectivity index (χ3n) is 4.90. The zero-order valence-corrected chi connectivity index (χ0v) is 15.6. The number of hydrazone groups is 1. The van der Waals surface area contributed by atoms with Crippen LogP contribution < -0.4 is 5.01 Å². The van der Waals surface area contributed by atoms with Crippen LogP contribution in [-0.4, -0.2) is 20.6 Å². The molecule has 140 valence electrons. The lowest BCUT2D eigenvalue weighted by atomic mass is 10.1. The van der Waals surface area contributed by atoms with Crippen molar-refractivity contribution < 1.29 is 5.11 Å². The van der Waals surface area contributed by atoms with E-state index in [0.717, 1.165) is 39.1 Å². The fourth-order valence-electron chi connectivity index (χ4n) is 3.51. The Balaban J connectivity index is 1.63. The average molecular weight is 378 g/mol. The normalized spacial score (nSPS) is 13.7. The van der Waals surface area contributed by atoms with E-state index in [1.807, 2.05) is 53.4 Å². The average Bonchev–Trinajstić information content (AvgIpc) is 3.23. The lowest BCUT2D eigenvalue weighted by molar-refractivity contribution is 0.475. The smallest absolute Gasteiger partial charge is 0.117 e. The molecule has 0 aliphatic carbocycles. The Morgan fingerprint density at radius 3 is 2.62 bits per heavy atom. The number of rotatable bonds is 3. The Morgan fingerprint density at radius 1 is 0.897 bits per heavy atom. The molecule has 0 amide bonds. The maximum absolute atomic E-state index is 9.81. The molecule has 1 aliphatic rings. The van der Waals surface area contributed by atoms with Gasteiger partial charge in [0.2, 0.25) is 0 Å². The van der Waals surface area contributed by atoms with Crippen molar-refractivity contribution in [3.05, 3.63) is 109 Å². The maximum Gasteiger partial charge on any atom is 0.117 e. The summed E-state index contributed by atoms with van der Waals surface area (Å²) in [6, 6.07) is 23.3. The summed E-state index contributed by atoms with van der Waals surface area (Å²) < 4.78 is 1.89. The number of hydrogen-bond acceptors (Lipinski definition) is 4. The van der Waals surface area contributed by atoms with Gasteiger partial charge in [-0.1, -0.05) is 49.0 Å². The van der Waals surface area contributed by atoms with Crippen molar-refractivity contribution in [1.29, 1.82) is 0 Å². The lowest BCUT2D eigenvalue weighted by Crippen LogP contribution is -2.21. The molecule has 0 saturated heterocycles. The second-order valence-corrected chi connectivity index (χ2v) is 6.78. The van der Waals surface area contributed by atoms with Gasteiger partial charge in [0.05, 0.1) is 23.3 Å². The number of aromatic hydroxyl groups is 1. The minimum atomic E-state index is 0.192. The first-order chi connectivity index (χ1) is 14.2. The number of phenols is 1. The molecule has 5 rings (SSSR count). The molecule has 1 N–H and O–H groups in total. The van der Waals surface area contributed by atoms with Crippen LogP contribution in [-0.2, 0) is 0 Å². The largest absolute Gasteiger partial charge is 0.508 e. The van der Waals surface area contributed by atoms with Gasteiger partial charge in [-0.3, -0.25) is 0 Å². The predicted molar refractivity (Wildman–Crippen MR) is 116 cm³/mol. The van der Waals surface area contributed by atoms with Crippen LogP contribution in [0.25, 0.3) is 16.5 Å². The Morgan fingerprint density at radius 2 is 1.72 bits per heavy atom.